The normalized spacial score (nSPS) is 13.1. The Morgan fingerprint density at radius 1 is 1.05 bits per heavy atom. The Kier molecular flexibility index (Phi) is 4.94. The van der Waals surface area contributed by atoms with Crippen LogP contribution in [-0.4, -0.2) is 8.42 Å². The van der Waals surface area contributed by atoms with Gasteiger partial charge in [-0.25, -0.2) is 13.1 Å². The molecule has 2 rings (SSSR count). The molecule has 3 nitrogen and oxygen atoms in total. The van der Waals surface area contributed by atoms with Crippen LogP contribution in [0, 0.1) is 6.92 Å². The largest absolute Gasteiger partial charge is 0.241 e. The fourth-order valence-electron chi connectivity index (χ4n) is 1.93. The van der Waals surface area contributed by atoms with Gasteiger partial charge < -0.3 is 0 Å². The highest BCUT2D eigenvalue weighted by Gasteiger charge is 2.19. The molecule has 0 aliphatic carbocycles. The van der Waals surface area contributed by atoms with E-state index in [4.69, 9.17) is 23.2 Å². The fraction of sp³-hybridized carbons (Fsp3) is 0.200. The first-order valence-electron chi connectivity index (χ1n) is 6.33. The van der Waals surface area contributed by atoms with E-state index in [-0.39, 0.29) is 4.90 Å². The van der Waals surface area contributed by atoms with Crippen molar-refractivity contribution in [1.82, 2.24) is 4.72 Å². The van der Waals surface area contributed by atoms with Crippen molar-refractivity contribution in [3.05, 3.63) is 63.6 Å². The average molecular weight is 344 g/mol. The Morgan fingerprint density at radius 2 is 1.67 bits per heavy atom. The van der Waals surface area contributed by atoms with Gasteiger partial charge in [0.1, 0.15) is 0 Å². The second-order valence-electron chi connectivity index (χ2n) is 4.82. The van der Waals surface area contributed by atoms with E-state index in [0.717, 1.165) is 5.56 Å². The zero-order valence-electron chi connectivity index (χ0n) is 11.6. The van der Waals surface area contributed by atoms with E-state index in [9.17, 15) is 8.42 Å². The van der Waals surface area contributed by atoms with Crippen molar-refractivity contribution >= 4 is 33.2 Å². The van der Waals surface area contributed by atoms with E-state index in [2.05, 4.69) is 4.72 Å². The van der Waals surface area contributed by atoms with Crippen LogP contribution in [0.1, 0.15) is 24.1 Å². The van der Waals surface area contributed by atoms with Crippen LogP contribution < -0.4 is 4.72 Å². The number of benzene rings is 2. The van der Waals surface area contributed by atoms with Gasteiger partial charge >= 0.3 is 0 Å². The molecular weight excluding hydrogens is 329 g/mol. The molecule has 1 N–H and O–H groups in total. The SMILES string of the molecule is Cc1ccc(S(=O)(=O)N[C@@H](C)c2ccc(Cl)cc2Cl)cc1. The first kappa shape index (κ1) is 16.3. The Bertz CT molecular complexity index is 743. The maximum atomic E-state index is 12.3. The maximum Gasteiger partial charge on any atom is 0.241 e. The summed E-state index contributed by atoms with van der Waals surface area (Å²) in [6.45, 7) is 3.64. The summed E-state index contributed by atoms with van der Waals surface area (Å²) in [5, 5.41) is 0.943. The molecule has 0 amide bonds. The van der Waals surface area contributed by atoms with Crippen LogP contribution in [0.25, 0.3) is 0 Å². The lowest BCUT2D eigenvalue weighted by Gasteiger charge is -2.16. The van der Waals surface area contributed by atoms with Gasteiger partial charge in [-0.15, -0.1) is 0 Å². The first-order valence-corrected chi connectivity index (χ1v) is 8.57. The zero-order chi connectivity index (χ0) is 15.6. The van der Waals surface area contributed by atoms with Crippen LogP contribution in [0.3, 0.4) is 0 Å². The molecule has 0 aliphatic heterocycles. The van der Waals surface area contributed by atoms with Crippen LogP contribution in [0.5, 0.6) is 0 Å². The number of rotatable bonds is 4. The molecule has 0 unspecified atom stereocenters. The lowest BCUT2D eigenvalue weighted by Crippen LogP contribution is -2.27. The Hall–Kier alpha value is -1.07. The maximum absolute atomic E-state index is 12.3. The molecule has 0 aromatic heterocycles. The molecule has 2 aromatic rings. The van der Waals surface area contributed by atoms with Crippen molar-refractivity contribution in [1.29, 1.82) is 0 Å². The summed E-state index contributed by atoms with van der Waals surface area (Å²) >= 11 is 11.9. The minimum absolute atomic E-state index is 0.227. The van der Waals surface area contributed by atoms with Crippen molar-refractivity contribution in [3.63, 3.8) is 0 Å². The van der Waals surface area contributed by atoms with E-state index in [0.29, 0.717) is 15.6 Å². The van der Waals surface area contributed by atoms with E-state index < -0.39 is 16.1 Å². The summed E-state index contributed by atoms with van der Waals surface area (Å²) < 4.78 is 27.3. The molecule has 0 saturated carbocycles. The highest BCUT2D eigenvalue weighted by Crippen LogP contribution is 2.27. The van der Waals surface area contributed by atoms with Gasteiger partial charge in [-0.2, -0.15) is 0 Å². The van der Waals surface area contributed by atoms with Gasteiger partial charge in [-0.1, -0.05) is 47.0 Å². The van der Waals surface area contributed by atoms with Crippen LogP contribution in [0.15, 0.2) is 47.4 Å². The minimum atomic E-state index is -3.59. The number of nitrogens with one attached hydrogen (secondary N) is 1. The van der Waals surface area contributed by atoms with Crippen molar-refractivity contribution in [2.75, 3.05) is 0 Å². The predicted octanol–water partition coefficient (Wildman–Crippen LogP) is 4.34. The Morgan fingerprint density at radius 3 is 2.24 bits per heavy atom. The lowest BCUT2D eigenvalue weighted by atomic mass is 10.1. The van der Waals surface area contributed by atoms with Crippen molar-refractivity contribution < 1.29 is 8.42 Å². The highest BCUT2D eigenvalue weighted by molar-refractivity contribution is 7.89. The quantitative estimate of drug-likeness (QED) is 0.897. The summed E-state index contributed by atoms with van der Waals surface area (Å²) in [6, 6.07) is 11.2. The topological polar surface area (TPSA) is 46.2 Å². The molecule has 21 heavy (non-hydrogen) atoms. The zero-order valence-corrected chi connectivity index (χ0v) is 13.9. The standard InChI is InChI=1S/C15H15Cl2NO2S/c1-10-3-6-13(7-4-10)21(19,20)18-11(2)14-8-5-12(16)9-15(14)17/h3-9,11,18H,1-2H3/t11-/m0/s1. The number of hydrogen-bond donors (Lipinski definition) is 1. The Balaban J connectivity index is 2.25. The molecular formula is C15H15Cl2NO2S. The van der Waals surface area contributed by atoms with Crippen molar-refractivity contribution in [3.8, 4) is 0 Å². The number of hydrogen-bond acceptors (Lipinski definition) is 2. The van der Waals surface area contributed by atoms with E-state index >= 15 is 0 Å². The first-order chi connectivity index (χ1) is 9.79. The summed E-state index contributed by atoms with van der Waals surface area (Å²) in [4.78, 5) is 0.227. The number of halogens is 2. The second kappa shape index (κ2) is 6.36. The molecule has 0 spiro atoms. The third kappa shape index (κ3) is 3.98. The molecule has 0 saturated heterocycles. The molecule has 6 heteroatoms. The molecule has 2 aromatic carbocycles. The molecule has 0 radical (unpaired) electrons. The van der Waals surface area contributed by atoms with E-state index in [1.165, 1.54) is 0 Å². The van der Waals surface area contributed by atoms with Crippen LogP contribution >= 0.6 is 23.2 Å². The van der Waals surface area contributed by atoms with Gasteiger partial charge in [-0.3, -0.25) is 0 Å². The lowest BCUT2D eigenvalue weighted by molar-refractivity contribution is 0.567. The van der Waals surface area contributed by atoms with E-state index in [1.54, 1.807) is 49.4 Å². The van der Waals surface area contributed by atoms with Gasteiger partial charge in [0.25, 0.3) is 0 Å². The third-order valence-corrected chi connectivity index (χ3v) is 5.21. The predicted molar refractivity (Wildman–Crippen MR) is 86.4 cm³/mol. The molecule has 0 aliphatic rings. The summed E-state index contributed by atoms with van der Waals surface area (Å²) in [6.07, 6.45) is 0. The van der Waals surface area contributed by atoms with Gasteiger partial charge in [0.15, 0.2) is 0 Å². The molecule has 1 atom stereocenters. The summed E-state index contributed by atoms with van der Waals surface area (Å²) in [7, 11) is -3.59. The second-order valence-corrected chi connectivity index (χ2v) is 7.38. The number of aryl methyl sites for hydroxylation is 1. The molecule has 0 bridgehead atoms. The monoisotopic (exact) mass is 343 g/mol. The average Bonchev–Trinajstić information content (AvgIpc) is 2.38. The molecule has 112 valence electrons. The highest BCUT2D eigenvalue weighted by atomic mass is 35.5. The van der Waals surface area contributed by atoms with Gasteiger partial charge in [-0.05, 0) is 43.7 Å². The van der Waals surface area contributed by atoms with E-state index in [1.807, 2.05) is 6.92 Å². The van der Waals surface area contributed by atoms with Gasteiger partial charge in [0, 0.05) is 16.1 Å². The third-order valence-electron chi connectivity index (χ3n) is 3.09. The smallest absolute Gasteiger partial charge is 0.207 e. The Labute approximate surface area is 135 Å². The molecule has 0 fully saturated rings. The van der Waals surface area contributed by atoms with Crippen LogP contribution in [0.4, 0.5) is 0 Å². The molecule has 0 heterocycles. The number of sulfonamides is 1. The van der Waals surface area contributed by atoms with Gasteiger partial charge in [0.2, 0.25) is 10.0 Å². The summed E-state index contributed by atoms with van der Waals surface area (Å²) in [5.41, 5.74) is 1.68. The van der Waals surface area contributed by atoms with Crippen LogP contribution in [0.2, 0.25) is 10.0 Å². The fourth-order valence-corrected chi connectivity index (χ4v) is 3.73. The van der Waals surface area contributed by atoms with Gasteiger partial charge in [0.05, 0.1) is 4.90 Å². The minimum Gasteiger partial charge on any atom is -0.207 e. The van der Waals surface area contributed by atoms with Crippen molar-refractivity contribution in [2.24, 2.45) is 0 Å². The van der Waals surface area contributed by atoms with Crippen molar-refractivity contribution in [2.45, 2.75) is 24.8 Å². The summed E-state index contributed by atoms with van der Waals surface area (Å²) in [5.74, 6) is 0. The van der Waals surface area contributed by atoms with Crippen LogP contribution in [-0.2, 0) is 10.0 Å².